The Kier molecular flexibility index (Phi) is 2.94. The molecule has 1 aliphatic heterocycles. The van der Waals surface area contributed by atoms with Crippen LogP contribution in [0.4, 0.5) is 9.18 Å². The molecule has 0 aromatic carbocycles. The van der Waals surface area contributed by atoms with Crippen LogP contribution >= 0.6 is 0 Å². The minimum Gasteiger partial charge on any atom is -0.444 e. The highest BCUT2D eigenvalue weighted by molar-refractivity contribution is 5.68. The van der Waals surface area contributed by atoms with Gasteiger partial charge in [-0.2, -0.15) is 0 Å². The van der Waals surface area contributed by atoms with Crippen LogP contribution in [0.15, 0.2) is 0 Å². The first-order valence-electron chi connectivity index (χ1n) is 4.90. The predicted molar refractivity (Wildman–Crippen MR) is 55.1 cm³/mol. The van der Waals surface area contributed by atoms with Crippen molar-refractivity contribution in [3.63, 3.8) is 0 Å². The van der Waals surface area contributed by atoms with Crippen LogP contribution in [0.1, 0.15) is 27.2 Å². The number of ether oxygens (including phenoxy) is 1. The van der Waals surface area contributed by atoms with Gasteiger partial charge < -0.3 is 9.64 Å². The molecule has 1 fully saturated rings. The first-order valence-corrected chi connectivity index (χ1v) is 4.90. The van der Waals surface area contributed by atoms with E-state index < -0.39 is 17.4 Å². The van der Waals surface area contributed by atoms with Crippen molar-refractivity contribution in [1.29, 1.82) is 0 Å². The number of hydrogen-bond acceptors (Lipinski definition) is 2. The fourth-order valence-corrected chi connectivity index (χ4v) is 1.37. The minimum absolute atomic E-state index is 0.0710. The maximum atomic E-state index is 13.6. The van der Waals surface area contributed by atoms with Gasteiger partial charge in [0.2, 0.25) is 0 Å². The summed E-state index contributed by atoms with van der Waals surface area (Å²) in [6.07, 6.45) is 4.73. The van der Waals surface area contributed by atoms with Gasteiger partial charge in [-0.25, -0.2) is 9.18 Å². The number of alkyl halides is 1. The van der Waals surface area contributed by atoms with Crippen molar-refractivity contribution in [1.82, 2.24) is 4.90 Å². The SMILES string of the molecule is C#C[C@@]1(F)CCN(C(=O)OC(C)(C)C)C1. The normalized spacial score (nSPS) is 26.2. The molecule has 84 valence electrons. The molecule has 0 aromatic rings. The van der Waals surface area contributed by atoms with Gasteiger partial charge in [-0.15, -0.1) is 6.42 Å². The van der Waals surface area contributed by atoms with Gasteiger partial charge >= 0.3 is 6.09 Å². The highest BCUT2D eigenvalue weighted by Gasteiger charge is 2.40. The summed E-state index contributed by atoms with van der Waals surface area (Å²) in [5, 5.41) is 0. The predicted octanol–water partition coefficient (Wildman–Crippen LogP) is 1.97. The maximum absolute atomic E-state index is 13.6. The molecule has 0 N–H and O–H groups in total. The Morgan fingerprint density at radius 1 is 1.60 bits per heavy atom. The Morgan fingerprint density at radius 2 is 2.20 bits per heavy atom. The Hall–Kier alpha value is -1.24. The second-order valence-electron chi connectivity index (χ2n) is 4.76. The van der Waals surface area contributed by atoms with Crippen LogP contribution < -0.4 is 0 Å². The van der Waals surface area contributed by atoms with Crippen LogP contribution in [0.2, 0.25) is 0 Å². The molecule has 1 heterocycles. The van der Waals surface area contributed by atoms with Gasteiger partial charge in [0.25, 0.3) is 0 Å². The van der Waals surface area contributed by atoms with E-state index in [2.05, 4.69) is 5.92 Å². The fourth-order valence-electron chi connectivity index (χ4n) is 1.37. The molecule has 1 saturated heterocycles. The summed E-state index contributed by atoms with van der Waals surface area (Å²) in [5.41, 5.74) is -2.24. The number of carbonyl (C=O) groups excluding carboxylic acids is 1. The Morgan fingerprint density at radius 3 is 2.60 bits per heavy atom. The Labute approximate surface area is 89.6 Å². The molecule has 3 nitrogen and oxygen atoms in total. The van der Waals surface area contributed by atoms with Crippen molar-refractivity contribution < 1.29 is 13.9 Å². The lowest BCUT2D eigenvalue weighted by Gasteiger charge is -2.24. The van der Waals surface area contributed by atoms with E-state index in [1.54, 1.807) is 20.8 Å². The molecular weight excluding hydrogens is 197 g/mol. The summed E-state index contributed by atoms with van der Waals surface area (Å²) in [7, 11) is 0. The lowest BCUT2D eigenvalue weighted by Crippen LogP contribution is -2.37. The van der Waals surface area contributed by atoms with Crippen molar-refractivity contribution in [2.45, 2.75) is 38.5 Å². The number of hydrogen-bond donors (Lipinski definition) is 0. The van der Waals surface area contributed by atoms with Crippen LogP contribution in [0.5, 0.6) is 0 Å². The first-order chi connectivity index (χ1) is 6.76. The summed E-state index contributed by atoms with van der Waals surface area (Å²) < 4.78 is 18.7. The number of halogens is 1. The monoisotopic (exact) mass is 213 g/mol. The van der Waals surface area contributed by atoms with Crippen molar-refractivity contribution in [3.05, 3.63) is 0 Å². The molecule has 1 amide bonds. The second-order valence-corrected chi connectivity index (χ2v) is 4.76. The molecule has 0 aliphatic carbocycles. The third-order valence-electron chi connectivity index (χ3n) is 2.13. The quantitative estimate of drug-likeness (QED) is 0.576. The molecule has 1 atom stereocenters. The fraction of sp³-hybridized carbons (Fsp3) is 0.727. The lowest BCUT2D eigenvalue weighted by molar-refractivity contribution is 0.0274. The number of carbonyl (C=O) groups is 1. The van der Waals surface area contributed by atoms with E-state index in [1.165, 1.54) is 4.90 Å². The largest absolute Gasteiger partial charge is 0.444 e. The highest BCUT2D eigenvalue weighted by Crippen LogP contribution is 2.25. The number of likely N-dealkylation sites (tertiary alicyclic amines) is 1. The minimum atomic E-state index is -1.68. The maximum Gasteiger partial charge on any atom is 0.410 e. The number of amides is 1. The van der Waals surface area contributed by atoms with E-state index in [1.807, 2.05) is 0 Å². The average molecular weight is 213 g/mol. The van der Waals surface area contributed by atoms with E-state index >= 15 is 0 Å². The second kappa shape index (κ2) is 3.73. The first kappa shape index (κ1) is 11.8. The van der Waals surface area contributed by atoms with Crippen molar-refractivity contribution in [2.75, 3.05) is 13.1 Å². The molecule has 4 heteroatoms. The van der Waals surface area contributed by atoms with Gasteiger partial charge in [-0.1, -0.05) is 5.92 Å². The van der Waals surface area contributed by atoms with Crippen molar-refractivity contribution in [3.8, 4) is 12.3 Å². The van der Waals surface area contributed by atoms with Crippen LogP contribution in [-0.2, 0) is 4.74 Å². The van der Waals surface area contributed by atoms with E-state index in [0.717, 1.165) is 0 Å². The molecule has 15 heavy (non-hydrogen) atoms. The van der Waals surface area contributed by atoms with E-state index in [0.29, 0.717) is 6.54 Å². The number of nitrogens with zero attached hydrogens (tertiary/aromatic N) is 1. The lowest BCUT2D eigenvalue weighted by atomic mass is 10.1. The van der Waals surface area contributed by atoms with E-state index in [4.69, 9.17) is 11.2 Å². The molecule has 1 rings (SSSR count). The highest BCUT2D eigenvalue weighted by atomic mass is 19.1. The third kappa shape index (κ3) is 3.12. The van der Waals surface area contributed by atoms with Crippen LogP contribution in [-0.4, -0.2) is 35.4 Å². The standard InChI is InChI=1S/C11H16FNO2/c1-5-11(12)6-7-13(8-11)9(14)15-10(2,3)4/h1H,6-8H2,2-4H3/t11-/m1/s1. The molecule has 0 bridgehead atoms. The molecule has 0 spiro atoms. The van der Waals surface area contributed by atoms with Crippen LogP contribution in [0.3, 0.4) is 0 Å². The van der Waals surface area contributed by atoms with Crippen molar-refractivity contribution >= 4 is 6.09 Å². The zero-order chi connectivity index (χ0) is 11.7. The molecule has 1 aliphatic rings. The summed E-state index contributed by atoms with van der Waals surface area (Å²) in [5.74, 6) is 2.07. The average Bonchev–Trinajstić information content (AvgIpc) is 2.46. The van der Waals surface area contributed by atoms with Gasteiger partial charge in [-0.3, -0.25) is 0 Å². The van der Waals surface area contributed by atoms with Gasteiger partial charge in [0.15, 0.2) is 5.67 Å². The van der Waals surface area contributed by atoms with E-state index in [-0.39, 0.29) is 13.0 Å². The summed E-state index contributed by atoms with van der Waals surface area (Å²) >= 11 is 0. The molecule has 0 saturated carbocycles. The van der Waals surface area contributed by atoms with Crippen molar-refractivity contribution in [2.24, 2.45) is 0 Å². The smallest absolute Gasteiger partial charge is 0.410 e. The summed E-state index contributed by atoms with van der Waals surface area (Å²) in [4.78, 5) is 12.8. The molecule has 0 unspecified atom stereocenters. The summed E-state index contributed by atoms with van der Waals surface area (Å²) in [6, 6.07) is 0. The van der Waals surface area contributed by atoms with Gasteiger partial charge in [0.05, 0.1) is 6.54 Å². The zero-order valence-electron chi connectivity index (χ0n) is 9.34. The Balaban J connectivity index is 2.56. The molecule has 0 radical (unpaired) electrons. The third-order valence-corrected chi connectivity index (χ3v) is 2.13. The molecular formula is C11H16FNO2. The topological polar surface area (TPSA) is 29.5 Å². The van der Waals surface area contributed by atoms with Gasteiger partial charge in [-0.05, 0) is 20.8 Å². The van der Waals surface area contributed by atoms with Gasteiger partial charge in [0, 0.05) is 13.0 Å². The van der Waals surface area contributed by atoms with E-state index in [9.17, 15) is 9.18 Å². The zero-order valence-corrected chi connectivity index (χ0v) is 9.34. The molecule has 0 aromatic heterocycles. The Bertz CT molecular complexity index is 303. The van der Waals surface area contributed by atoms with Gasteiger partial charge in [0.1, 0.15) is 5.60 Å². The number of rotatable bonds is 0. The van der Waals surface area contributed by atoms with Crippen LogP contribution in [0, 0.1) is 12.3 Å². The summed E-state index contributed by atoms with van der Waals surface area (Å²) in [6.45, 7) is 5.55. The number of terminal acetylenes is 1. The van der Waals surface area contributed by atoms with Crippen LogP contribution in [0.25, 0.3) is 0 Å².